The Labute approximate surface area is 102 Å². The van der Waals surface area contributed by atoms with E-state index in [9.17, 15) is 23.8 Å². The van der Waals surface area contributed by atoms with Crippen LogP contribution >= 0.6 is 12.6 Å². The molecule has 1 rings (SSSR count). The van der Waals surface area contributed by atoms with Gasteiger partial charge in [-0.3, -0.25) is 4.79 Å². The molecule has 0 saturated carbocycles. The lowest BCUT2D eigenvalue weighted by Gasteiger charge is -2.17. The summed E-state index contributed by atoms with van der Waals surface area (Å²) < 4.78 is 26.5. The normalized spacial score (nSPS) is 14.4. The van der Waals surface area contributed by atoms with E-state index in [4.69, 9.17) is 0 Å². The maximum Gasteiger partial charge on any atom is 0.155 e. The molecule has 6 heteroatoms. The van der Waals surface area contributed by atoms with Crippen molar-refractivity contribution in [3.63, 3.8) is 0 Å². The number of benzene rings is 1. The zero-order valence-corrected chi connectivity index (χ0v) is 9.70. The summed E-state index contributed by atoms with van der Waals surface area (Å²) in [5.74, 6) is -1.80. The molecule has 0 aromatic heterocycles. The van der Waals surface area contributed by atoms with Crippen molar-refractivity contribution in [3.8, 4) is 0 Å². The van der Waals surface area contributed by atoms with Gasteiger partial charge in [-0.05, 0) is 29.9 Å². The first-order chi connectivity index (χ1) is 8.01. The highest BCUT2D eigenvalue weighted by molar-refractivity contribution is 7.80. The van der Waals surface area contributed by atoms with Gasteiger partial charge in [0, 0.05) is 0 Å². The van der Waals surface area contributed by atoms with Crippen LogP contribution in [0.25, 0.3) is 0 Å². The van der Waals surface area contributed by atoms with E-state index in [2.05, 4.69) is 12.6 Å². The monoisotopic (exact) mass is 262 g/mol. The highest BCUT2D eigenvalue weighted by atomic mass is 32.1. The van der Waals surface area contributed by atoms with Crippen molar-refractivity contribution in [1.82, 2.24) is 0 Å². The fourth-order valence-electron chi connectivity index (χ4n) is 1.40. The highest BCUT2D eigenvalue weighted by Gasteiger charge is 2.21. The van der Waals surface area contributed by atoms with Gasteiger partial charge in [0.15, 0.2) is 6.29 Å². The summed E-state index contributed by atoms with van der Waals surface area (Å²) >= 11 is 3.87. The Balaban J connectivity index is 3.03. The Morgan fingerprint density at radius 3 is 2.24 bits per heavy atom. The standard InChI is InChI=1S/C11H12F2O3S/c12-8-3-6(4-9(13)7(8)5-14)11(16)10(15)1-2-17/h3-5,10-11,15-17H,1-2H2. The summed E-state index contributed by atoms with van der Waals surface area (Å²) in [5.41, 5.74) is -0.801. The van der Waals surface area contributed by atoms with Gasteiger partial charge >= 0.3 is 0 Å². The molecule has 2 atom stereocenters. The van der Waals surface area contributed by atoms with Crippen molar-refractivity contribution in [2.75, 3.05) is 5.75 Å². The Hall–Kier alpha value is -0.980. The number of carbonyl (C=O) groups excluding carboxylic acids is 1. The van der Waals surface area contributed by atoms with E-state index in [0.717, 1.165) is 12.1 Å². The van der Waals surface area contributed by atoms with E-state index in [1.807, 2.05) is 0 Å². The van der Waals surface area contributed by atoms with Gasteiger partial charge in [0.25, 0.3) is 0 Å². The summed E-state index contributed by atoms with van der Waals surface area (Å²) in [5, 5.41) is 19.1. The molecule has 0 radical (unpaired) electrons. The molecule has 0 aliphatic carbocycles. The van der Waals surface area contributed by atoms with Gasteiger partial charge in [0.2, 0.25) is 0 Å². The molecule has 1 aromatic carbocycles. The van der Waals surface area contributed by atoms with Gasteiger partial charge in [-0.1, -0.05) is 0 Å². The van der Waals surface area contributed by atoms with Gasteiger partial charge in [0.05, 0.1) is 11.7 Å². The second kappa shape index (κ2) is 6.09. The molecule has 2 unspecified atom stereocenters. The lowest BCUT2D eigenvalue weighted by atomic mass is 10.0. The van der Waals surface area contributed by atoms with E-state index >= 15 is 0 Å². The van der Waals surface area contributed by atoms with Gasteiger partial charge in [-0.2, -0.15) is 12.6 Å². The first kappa shape index (κ1) is 14.1. The molecule has 0 aliphatic heterocycles. The number of hydrogen-bond acceptors (Lipinski definition) is 4. The smallest absolute Gasteiger partial charge is 0.155 e. The molecular formula is C11H12F2O3S. The van der Waals surface area contributed by atoms with Gasteiger partial charge in [0.1, 0.15) is 17.7 Å². The van der Waals surface area contributed by atoms with E-state index in [0.29, 0.717) is 5.75 Å². The van der Waals surface area contributed by atoms with Crippen LogP contribution in [0.3, 0.4) is 0 Å². The van der Waals surface area contributed by atoms with Crippen LogP contribution in [-0.4, -0.2) is 28.4 Å². The molecular weight excluding hydrogens is 250 g/mol. The summed E-state index contributed by atoms with van der Waals surface area (Å²) in [7, 11) is 0. The van der Waals surface area contributed by atoms with Gasteiger partial charge in [-0.25, -0.2) is 8.78 Å². The third-order valence-corrected chi connectivity index (χ3v) is 2.61. The maximum atomic E-state index is 13.2. The quantitative estimate of drug-likeness (QED) is 0.556. The van der Waals surface area contributed by atoms with Crippen molar-refractivity contribution < 1.29 is 23.8 Å². The minimum absolute atomic E-state index is 0.0605. The van der Waals surface area contributed by atoms with E-state index in [-0.39, 0.29) is 18.3 Å². The van der Waals surface area contributed by atoms with Crippen LogP contribution in [-0.2, 0) is 0 Å². The van der Waals surface area contributed by atoms with Crippen LogP contribution in [0.1, 0.15) is 28.4 Å². The topological polar surface area (TPSA) is 57.5 Å². The number of aldehydes is 1. The number of thiol groups is 1. The molecule has 0 saturated heterocycles. The molecule has 0 aliphatic rings. The maximum absolute atomic E-state index is 13.2. The third-order valence-electron chi connectivity index (χ3n) is 2.35. The predicted molar refractivity (Wildman–Crippen MR) is 61.2 cm³/mol. The van der Waals surface area contributed by atoms with Crippen LogP contribution in [0.4, 0.5) is 8.78 Å². The minimum atomic E-state index is -1.41. The Kier molecular flexibility index (Phi) is 5.04. The van der Waals surface area contributed by atoms with Crippen molar-refractivity contribution >= 4 is 18.9 Å². The van der Waals surface area contributed by atoms with E-state index in [1.165, 1.54) is 0 Å². The van der Waals surface area contributed by atoms with Crippen LogP contribution < -0.4 is 0 Å². The van der Waals surface area contributed by atoms with Crippen molar-refractivity contribution in [1.29, 1.82) is 0 Å². The number of carbonyl (C=O) groups is 1. The van der Waals surface area contributed by atoms with Crippen LogP contribution in [0.2, 0.25) is 0 Å². The lowest BCUT2D eigenvalue weighted by molar-refractivity contribution is 0.0169. The number of halogens is 2. The number of aliphatic hydroxyl groups is 2. The predicted octanol–water partition coefficient (Wildman–Crippen LogP) is 1.49. The molecule has 0 bridgehead atoms. The summed E-state index contributed by atoms with van der Waals surface area (Å²) in [6, 6.07) is 1.67. The fraction of sp³-hybridized carbons (Fsp3) is 0.364. The molecule has 0 spiro atoms. The first-order valence-corrected chi connectivity index (χ1v) is 5.55. The van der Waals surface area contributed by atoms with Crippen LogP contribution in [0, 0.1) is 11.6 Å². The molecule has 0 heterocycles. The Morgan fingerprint density at radius 2 is 1.82 bits per heavy atom. The molecule has 0 fully saturated rings. The second-order valence-electron chi connectivity index (χ2n) is 3.54. The lowest BCUT2D eigenvalue weighted by Crippen LogP contribution is -2.19. The zero-order chi connectivity index (χ0) is 13.0. The van der Waals surface area contributed by atoms with Gasteiger partial charge < -0.3 is 10.2 Å². The van der Waals surface area contributed by atoms with E-state index < -0.39 is 29.4 Å². The van der Waals surface area contributed by atoms with Crippen LogP contribution in [0.5, 0.6) is 0 Å². The summed E-state index contributed by atoms with van der Waals surface area (Å²) in [4.78, 5) is 10.4. The largest absolute Gasteiger partial charge is 0.390 e. The molecule has 3 nitrogen and oxygen atoms in total. The molecule has 94 valence electrons. The molecule has 17 heavy (non-hydrogen) atoms. The van der Waals surface area contributed by atoms with Crippen molar-refractivity contribution in [2.24, 2.45) is 0 Å². The van der Waals surface area contributed by atoms with Crippen molar-refractivity contribution in [2.45, 2.75) is 18.6 Å². The minimum Gasteiger partial charge on any atom is -0.390 e. The number of rotatable bonds is 5. The molecule has 0 amide bonds. The Bertz CT molecular complexity index is 389. The highest BCUT2D eigenvalue weighted by Crippen LogP contribution is 2.23. The van der Waals surface area contributed by atoms with Crippen molar-refractivity contribution in [3.05, 3.63) is 34.9 Å². The summed E-state index contributed by atoms with van der Waals surface area (Å²) in [6.07, 6.45) is -2.33. The third kappa shape index (κ3) is 3.24. The van der Waals surface area contributed by atoms with Crippen LogP contribution in [0.15, 0.2) is 12.1 Å². The molecule has 1 aromatic rings. The SMILES string of the molecule is O=Cc1c(F)cc(C(O)C(O)CCS)cc1F. The average Bonchev–Trinajstić information content (AvgIpc) is 2.27. The zero-order valence-electron chi connectivity index (χ0n) is 8.81. The Morgan fingerprint density at radius 1 is 1.29 bits per heavy atom. The summed E-state index contributed by atoms with van der Waals surface area (Å²) in [6.45, 7) is 0. The average molecular weight is 262 g/mol. The number of aliphatic hydroxyl groups excluding tert-OH is 2. The second-order valence-corrected chi connectivity index (χ2v) is 3.99. The van der Waals surface area contributed by atoms with E-state index in [1.54, 1.807) is 0 Å². The fourth-order valence-corrected chi connectivity index (χ4v) is 1.66. The molecule has 2 N–H and O–H groups in total. The number of hydrogen-bond donors (Lipinski definition) is 3. The van der Waals surface area contributed by atoms with Gasteiger partial charge in [-0.15, -0.1) is 0 Å². The first-order valence-electron chi connectivity index (χ1n) is 4.92.